The van der Waals surface area contributed by atoms with E-state index >= 15 is 0 Å². The molecule has 4 N–H and O–H groups in total. The van der Waals surface area contributed by atoms with Gasteiger partial charge in [0, 0.05) is 24.2 Å². The van der Waals surface area contributed by atoms with E-state index in [9.17, 15) is 10.5 Å². The molecule has 2 rings (SSSR count). The van der Waals surface area contributed by atoms with Crippen molar-refractivity contribution in [3.63, 3.8) is 0 Å². The summed E-state index contributed by atoms with van der Waals surface area (Å²) in [6.45, 7) is 0. The van der Waals surface area contributed by atoms with E-state index in [1.165, 1.54) is 12.4 Å². The molecule has 0 amide bonds. The molecule has 2 aromatic heterocycles. The first-order valence-corrected chi connectivity index (χ1v) is 5.81. The summed E-state index contributed by atoms with van der Waals surface area (Å²) in [5, 5.41) is 19.0. The van der Waals surface area contributed by atoms with E-state index in [-0.39, 0.29) is 5.69 Å². The zero-order valence-electron chi connectivity index (χ0n) is 10.6. The summed E-state index contributed by atoms with van der Waals surface area (Å²) in [4.78, 5) is 7.99. The molecule has 0 saturated carbocycles. The van der Waals surface area contributed by atoms with Gasteiger partial charge in [-0.2, -0.15) is 10.5 Å². The summed E-state index contributed by atoms with van der Waals surface area (Å²) >= 11 is 0. The predicted molar refractivity (Wildman–Crippen MR) is 71.4 cm³/mol. The highest BCUT2D eigenvalue weighted by Gasteiger charge is 2.51. The van der Waals surface area contributed by atoms with Crippen LogP contribution >= 0.6 is 0 Å². The Hall–Kier alpha value is -2.80. The summed E-state index contributed by atoms with van der Waals surface area (Å²) in [5.41, 5.74) is 9.34. The first-order valence-electron chi connectivity index (χ1n) is 5.81. The van der Waals surface area contributed by atoms with Gasteiger partial charge in [-0.05, 0) is 18.2 Å². The number of nitrogens with zero attached hydrogens (tertiary/aromatic N) is 4. The molecule has 0 aliphatic heterocycles. The molecule has 98 valence electrons. The Morgan fingerprint density at radius 1 is 0.950 bits per heavy atom. The fourth-order valence-corrected chi connectivity index (χ4v) is 1.92. The lowest BCUT2D eigenvalue weighted by molar-refractivity contribution is 0.358. The Bertz CT molecular complexity index is 611. The second kappa shape index (κ2) is 5.06. The van der Waals surface area contributed by atoms with Crippen LogP contribution in [0.3, 0.4) is 0 Å². The largest absolute Gasteiger partial charge is 0.307 e. The Morgan fingerprint density at radius 2 is 1.70 bits per heavy atom. The third kappa shape index (κ3) is 1.90. The van der Waals surface area contributed by atoms with Crippen molar-refractivity contribution in [2.45, 2.75) is 11.1 Å². The van der Waals surface area contributed by atoms with E-state index in [0.29, 0.717) is 5.56 Å². The summed E-state index contributed by atoms with van der Waals surface area (Å²) in [6.07, 6.45) is 4.47. The van der Waals surface area contributed by atoms with Crippen LogP contribution in [0.2, 0.25) is 0 Å². The van der Waals surface area contributed by atoms with Gasteiger partial charge in [-0.1, -0.05) is 12.1 Å². The van der Waals surface area contributed by atoms with Crippen molar-refractivity contribution in [2.75, 3.05) is 0 Å². The number of nitrogens with two attached hydrogens (primary N) is 2. The third-order valence-electron chi connectivity index (χ3n) is 3.16. The SMILES string of the molecule is N#CC(N)(c1cccnc1)C(N)(C#N)c1ccccn1. The number of rotatable bonds is 3. The maximum absolute atomic E-state index is 9.51. The monoisotopic (exact) mass is 264 g/mol. The van der Waals surface area contributed by atoms with Crippen LogP contribution in [-0.4, -0.2) is 9.97 Å². The lowest BCUT2D eigenvalue weighted by Crippen LogP contribution is -2.60. The molecule has 20 heavy (non-hydrogen) atoms. The molecule has 0 aromatic carbocycles. The second-order valence-corrected chi connectivity index (χ2v) is 4.30. The molecule has 0 aliphatic rings. The molecule has 0 aliphatic carbocycles. The molecule has 0 radical (unpaired) electrons. The highest BCUT2D eigenvalue weighted by atomic mass is 15.0. The molecule has 2 aromatic rings. The average Bonchev–Trinajstić information content (AvgIpc) is 2.54. The normalized spacial score (nSPS) is 16.2. The van der Waals surface area contributed by atoms with E-state index in [1.54, 1.807) is 36.5 Å². The fourth-order valence-electron chi connectivity index (χ4n) is 1.92. The molecule has 2 unspecified atom stereocenters. The minimum absolute atomic E-state index is 0.232. The van der Waals surface area contributed by atoms with Gasteiger partial charge in [0.05, 0.1) is 17.8 Å². The second-order valence-electron chi connectivity index (χ2n) is 4.30. The van der Waals surface area contributed by atoms with Crippen LogP contribution in [0.4, 0.5) is 0 Å². The topological polar surface area (TPSA) is 125 Å². The Balaban J connectivity index is 2.66. The number of aromatic nitrogens is 2. The molecule has 0 saturated heterocycles. The zero-order valence-corrected chi connectivity index (χ0v) is 10.6. The van der Waals surface area contributed by atoms with Crippen molar-refractivity contribution in [1.29, 1.82) is 10.5 Å². The van der Waals surface area contributed by atoms with E-state index in [2.05, 4.69) is 9.97 Å². The number of pyridine rings is 2. The molecular formula is C14H12N6. The minimum Gasteiger partial charge on any atom is -0.307 e. The van der Waals surface area contributed by atoms with Crippen LogP contribution in [0, 0.1) is 22.7 Å². The summed E-state index contributed by atoms with van der Waals surface area (Å²) in [6, 6.07) is 12.0. The first kappa shape index (κ1) is 13.6. The number of nitriles is 2. The highest BCUT2D eigenvalue weighted by Crippen LogP contribution is 2.34. The van der Waals surface area contributed by atoms with Gasteiger partial charge in [-0.15, -0.1) is 0 Å². The fraction of sp³-hybridized carbons (Fsp3) is 0.143. The zero-order chi connectivity index (χ0) is 14.6. The molecule has 0 fully saturated rings. The molecular weight excluding hydrogens is 252 g/mol. The van der Waals surface area contributed by atoms with Crippen molar-refractivity contribution < 1.29 is 0 Å². The lowest BCUT2D eigenvalue weighted by atomic mass is 9.73. The van der Waals surface area contributed by atoms with Crippen LogP contribution < -0.4 is 11.5 Å². The lowest BCUT2D eigenvalue weighted by Gasteiger charge is -2.35. The molecule has 2 atom stereocenters. The van der Waals surface area contributed by atoms with E-state index in [4.69, 9.17) is 11.5 Å². The molecule has 6 heteroatoms. The van der Waals surface area contributed by atoms with Crippen molar-refractivity contribution in [3.8, 4) is 12.1 Å². The van der Waals surface area contributed by atoms with Gasteiger partial charge in [0.2, 0.25) is 0 Å². The van der Waals surface area contributed by atoms with Crippen molar-refractivity contribution in [1.82, 2.24) is 9.97 Å². The maximum atomic E-state index is 9.51. The van der Waals surface area contributed by atoms with Gasteiger partial charge >= 0.3 is 0 Å². The average molecular weight is 264 g/mol. The van der Waals surface area contributed by atoms with Crippen LogP contribution in [0.1, 0.15) is 11.3 Å². The van der Waals surface area contributed by atoms with Gasteiger partial charge in [-0.25, -0.2) is 0 Å². The molecule has 2 heterocycles. The van der Waals surface area contributed by atoms with Crippen LogP contribution in [-0.2, 0) is 11.1 Å². The Kier molecular flexibility index (Phi) is 3.45. The van der Waals surface area contributed by atoms with Crippen molar-refractivity contribution >= 4 is 0 Å². The van der Waals surface area contributed by atoms with E-state index < -0.39 is 11.1 Å². The van der Waals surface area contributed by atoms with Crippen LogP contribution in [0.25, 0.3) is 0 Å². The smallest absolute Gasteiger partial charge is 0.182 e. The minimum atomic E-state index is -1.79. The van der Waals surface area contributed by atoms with E-state index in [0.717, 1.165) is 0 Å². The standard InChI is InChI=1S/C14H12N6/c15-9-13(17,11-4-3-6-19-8-11)14(18,10-16)12-5-1-2-7-20-12/h1-8H,17-18H2. The maximum Gasteiger partial charge on any atom is 0.182 e. The number of hydrogen-bond acceptors (Lipinski definition) is 6. The molecule has 6 nitrogen and oxygen atoms in total. The number of hydrogen-bond donors (Lipinski definition) is 2. The highest BCUT2D eigenvalue weighted by molar-refractivity contribution is 5.43. The first-order chi connectivity index (χ1) is 9.58. The van der Waals surface area contributed by atoms with Crippen molar-refractivity contribution in [2.24, 2.45) is 11.5 Å². The summed E-state index contributed by atoms with van der Waals surface area (Å²) < 4.78 is 0. The Morgan fingerprint density at radius 3 is 2.20 bits per heavy atom. The van der Waals surface area contributed by atoms with Crippen molar-refractivity contribution in [3.05, 3.63) is 60.2 Å². The summed E-state index contributed by atoms with van der Waals surface area (Å²) in [7, 11) is 0. The predicted octanol–water partition coefficient (Wildman–Crippen LogP) is 0.532. The van der Waals surface area contributed by atoms with E-state index in [1.807, 2.05) is 12.1 Å². The van der Waals surface area contributed by atoms with Crippen LogP contribution in [0.15, 0.2) is 48.9 Å². The molecule has 0 spiro atoms. The quantitative estimate of drug-likeness (QED) is 0.832. The van der Waals surface area contributed by atoms with Gasteiger partial charge in [0.15, 0.2) is 11.1 Å². The van der Waals surface area contributed by atoms with Gasteiger partial charge < -0.3 is 11.5 Å². The molecule has 0 bridgehead atoms. The van der Waals surface area contributed by atoms with Gasteiger partial charge in [-0.3, -0.25) is 9.97 Å². The summed E-state index contributed by atoms with van der Waals surface area (Å²) in [5.74, 6) is 0. The Labute approximate surface area is 116 Å². The third-order valence-corrected chi connectivity index (χ3v) is 3.16. The van der Waals surface area contributed by atoms with Gasteiger partial charge in [0.25, 0.3) is 0 Å². The van der Waals surface area contributed by atoms with Crippen LogP contribution in [0.5, 0.6) is 0 Å². The van der Waals surface area contributed by atoms with Gasteiger partial charge in [0.1, 0.15) is 0 Å².